The third-order valence-corrected chi connectivity index (χ3v) is 17.8. The minimum atomic E-state index is -4.68. The van der Waals surface area contributed by atoms with Crippen molar-refractivity contribution in [3.63, 3.8) is 0 Å². The molecular formula is C53H65N9O9S. The predicted octanol–water partition coefficient (Wildman–Crippen LogP) is 7.97. The van der Waals surface area contributed by atoms with Gasteiger partial charge in [0.05, 0.1) is 59.9 Å². The maximum atomic E-state index is 14.7. The Labute approximate surface area is 420 Å². The summed E-state index contributed by atoms with van der Waals surface area (Å²) in [7, 11) is -4.68. The van der Waals surface area contributed by atoms with Crippen molar-refractivity contribution in [1.82, 2.24) is 24.6 Å². The molecule has 0 bridgehead atoms. The first-order valence-electron chi connectivity index (χ1n) is 25.7. The molecule has 1 spiro atoms. The highest BCUT2D eigenvalue weighted by Crippen LogP contribution is 2.54. The zero-order valence-electron chi connectivity index (χ0n) is 41.2. The Morgan fingerprint density at radius 3 is 2.53 bits per heavy atom. The van der Waals surface area contributed by atoms with Crippen molar-refractivity contribution < 1.29 is 37.5 Å². The first kappa shape index (κ1) is 48.4. The number of hydrogen-bond donors (Lipinski definition) is 4. The lowest BCUT2D eigenvalue weighted by Crippen LogP contribution is -2.58. The largest absolute Gasteiger partial charge is 0.468 e. The fourth-order valence-electron chi connectivity index (χ4n) is 12.4. The second-order valence-corrected chi connectivity index (χ2v) is 23.3. The van der Waals surface area contributed by atoms with Crippen molar-refractivity contribution in [2.75, 3.05) is 67.7 Å². The number of amides is 1. The van der Waals surface area contributed by atoms with Gasteiger partial charge in [-0.2, -0.15) is 4.98 Å². The number of aliphatic hydroxyl groups is 1. The van der Waals surface area contributed by atoms with Gasteiger partial charge >= 0.3 is 5.69 Å². The molecule has 19 heteroatoms. The van der Waals surface area contributed by atoms with E-state index in [2.05, 4.69) is 72.8 Å². The first-order chi connectivity index (χ1) is 34.6. The number of hydrogen-bond acceptors (Lipinski definition) is 15. The third-order valence-electron chi connectivity index (χ3n) is 16.5. The number of benzene rings is 2. The fourth-order valence-corrected chi connectivity index (χ4v) is 13.3. The van der Waals surface area contributed by atoms with Crippen LogP contribution in [-0.4, -0.2) is 121 Å². The van der Waals surface area contributed by atoms with E-state index in [0.29, 0.717) is 80.5 Å². The molecule has 4 aliphatic heterocycles. The number of nitro groups is 1. The number of carbonyl (C=O) groups excluding carboxylic acids is 1. The van der Waals surface area contributed by atoms with Crippen molar-refractivity contribution in [1.29, 1.82) is 0 Å². The number of aromatic amines is 1. The summed E-state index contributed by atoms with van der Waals surface area (Å²) < 4.78 is 49.0. The maximum Gasteiger partial charge on any atom is 0.312 e. The molecule has 2 aliphatic carbocycles. The van der Waals surface area contributed by atoms with E-state index in [1.165, 1.54) is 11.1 Å². The van der Waals surface area contributed by atoms with Crippen LogP contribution >= 0.6 is 0 Å². The maximum absolute atomic E-state index is 14.7. The number of sulfonamides is 1. The van der Waals surface area contributed by atoms with Crippen LogP contribution in [0.25, 0.3) is 11.0 Å². The molecule has 18 nitrogen and oxygen atoms in total. The number of rotatable bonds is 12. The quantitative estimate of drug-likeness (QED) is 0.0688. The predicted molar refractivity (Wildman–Crippen MR) is 273 cm³/mol. The number of piperidine rings is 1. The highest BCUT2D eigenvalue weighted by atomic mass is 32.2. The fraction of sp³-hybridized carbons (Fsp3) is 0.528. The average Bonchev–Trinajstić information content (AvgIpc) is 3.83. The topological polar surface area (TPSA) is 218 Å². The van der Waals surface area contributed by atoms with Crippen LogP contribution in [0, 0.1) is 21.4 Å². The molecule has 5 fully saturated rings. The highest BCUT2D eigenvalue weighted by Gasteiger charge is 2.50. The van der Waals surface area contributed by atoms with Crippen LogP contribution in [-0.2, 0) is 19.5 Å². The van der Waals surface area contributed by atoms with Gasteiger partial charge in [0.25, 0.3) is 15.9 Å². The number of ether oxygens (including phenoxy) is 3. The van der Waals surface area contributed by atoms with Gasteiger partial charge in [0.1, 0.15) is 22.3 Å². The van der Waals surface area contributed by atoms with Gasteiger partial charge in [-0.25, -0.2) is 18.1 Å². The van der Waals surface area contributed by atoms with Gasteiger partial charge in [0.2, 0.25) is 11.7 Å². The van der Waals surface area contributed by atoms with Crippen LogP contribution in [0.15, 0.2) is 78.0 Å². The number of anilines is 4. The van der Waals surface area contributed by atoms with Gasteiger partial charge in [-0.1, -0.05) is 38.1 Å². The second kappa shape index (κ2) is 19.2. The van der Waals surface area contributed by atoms with Gasteiger partial charge < -0.3 is 39.4 Å². The number of H-pyrrole nitrogens is 1. The molecule has 382 valence electrons. The Kier molecular flexibility index (Phi) is 12.9. The average molecular weight is 1000 g/mol. The normalized spacial score (nSPS) is 25.6. The highest BCUT2D eigenvalue weighted by molar-refractivity contribution is 7.90. The van der Waals surface area contributed by atoms with Crippen LogP contribution in [0.4, 0.5) is 28.6 Å². The molecule has 2 aromatic carbocycles. The molecule has 5 aromatic rings. The summed E-state index contributed by atoms with van der Waals surface area (Å²) in [6, 6.07) is 19.6. The van der Waals surface area contributed by atoms with E-state index in [1.54, 1.807) is 19.2 Å². The molecule has 0 unspecified atom stereocenters. The van der Waals surface area contributed by atoms with Crippen LogP contribution in [0.3, 0.4) is 0 Å². The van der Waals surface area contributed by atoms with Crippen LogP contribution in [0.5, 0.6) is 5.88 Å². The van der Waals surface area contributed by atoms with Gasteiger partial charge in [-0.15, -0.1) is 0 Å². The van der Waals surface area contributed by atoms with E-state index < -0.39 is 43.1 Å². The van der Waals surface area contributed by atoms with E-state index in [9.17, 15) is 28.4 Å². The van der Waals surface area contributed by atoms with E-state index in [-0.39, 0.29) is 34.8 Å². The Balaban J connectivity index is 0.864. The SMILES string of the molecule is CC(C)c1ccccc1[C@@H]1COCCN1C1CC2(CCN(c3ccc(C(=O)NS(=O)(=O)c4cnc(NCC5CCC(C)(O)CC5)c([N+](=O)[O-])c4)c(N4c5cc6cc[nH]c6nc5O[C@H]5COCC[C@@H]54)c3)CC2)C1. The summed E-state index contributed by atoms with van der Waals surface area (Å²) in [4.78, 5) is 45.1. The Bertz CT molecular complexity index is 2960. The Morgan fingerprint density at radius 2 is 1.75 bits per heavy atom. The number of nitrogens with one attached hydrogen (secondary N) is 3. The zero-order chi connectivity index (χ0) is 49.9. The Hall–Kier alpha value is -5.86. The molecule has 1 amide bonds. The number of carbonyl (C=O) groups is 1. The van der Waals surface area contributed by atoms with Gasteiger partial charge in [-0.05, 0) is 123 Å². The van der Waals surface area contributed by atoms with E-state index in [0.717, 1.165) is 88.1 Å². The summed E-state index contributed by atoms with van der Waals surface area (Å²) in [5.41, 5.74) is 4.49. The summed E-state index contributed by atoms with van der Waals surface area (Å²) in [6.45, 7) is 11.5. The van der Waals surface area contributed by atoms with Crippen LogP contribution in [0.2, 0.25) is 0 Å². The van der Waals surface area contributed by atoms with E-state index in [4.69, 9.17) is 19.2 Å². The number of fused-ring (bicyclic) bond motifs is 3. The second-order valence-electron chi connectivity index (χ2n) is 21.6. The first-order valence-corrected chi connectivity index (χ1v) is 27.1. The lowest BCUT2D eigenvalue weighted by atomic mass is 9.59. The standard InChI is InChI=1S/C53H65N9O9S/c1-33(2)39-6-4-5-7-40(39)46-31-70-23-21-60(46)37-27-53(28-37)16-19-59(20-17-53)36-8-9-41(43(25-36)61-42-13-22-69-32-47(42)71-51-45(61)24-35-12-18-54-48(35)57-51)50(63)58-72(67,68)38-26-44(62(65)66)49(56-30-38)55-29-34-10-14-52(3,64)15-11-34/h4-9,12,18,24-26,30,33-34,37,42,46-47,64H,10-11,13-17,19-23,27-29,31-32H2,1-3H3,(H,54,57)(H,55,56)(H,58,63)/t34?,42-,46-,47-,52?/m0/s1. The summed E-state index contributed by atoms with van der Waals surface area (Å²) in [5.74, 6) is -0.0344. The third kappa shape index (κ3) is 9.38. The number of pyridine rings is 2. The van der Waals surface area contributed by atoms with Gasteiger partial charge in [-0.3, -0.25) is 19.8 Å². The lowest BCUT2D eigenvalue weighted by molar-refractivity contribution is -0.384. The van der Waals surface area contributed by atoms with E-state index in [1.807, 2.05) is 24.3 Å². The lowest BCUT2D eigenvalue weighted by Gasteiger charge is -2.57. The monoisotopic (exact) mass is 1000 g/mol. The molecule has 11 rings (SSSR count). The number of nitrogens with zero attached hydrogens (tertiary/aromatic N) is 6. The molecule has 0 radical (unpaired) electrons. The summed E-state index contributed by atoms with van der Waals surface area (Å²) in [5, 5.41) is 26.6. The van der Waals surface area contributed by atoms with Crippen molar-refractivity contribution in [2.24, 2.45) is 11.3 Å². The Morgan fingerprint density at radius 1 is 0.972 bits per heavy atom. The van der Waals surface area contributed by atoms with Crippen molar-refractivity contribution in [3.8, 4) is 5.88 Å². The summed E-state index contributed by atoms with van der Waals surface area (Å²) >= 11 is 0. The van der Waals surface area contributed by atoms with Crippen molar-refractivity contribution in [2.45, 2.75) is 119 Å². The molecule has 4 N–H and O–H groups in total. The number of aromatic nitrogens is 3. The molecule has 72 heavy (non-hydrogen) atoms. The van der Waals surface area contributed by atoms with Gasteiger partial charge in [0, 0.05) is 62.2 Å². The van der Waals surface area contributed by atoms with Crippen molar-refractivity contribution >= 4 is 55.5 Å². The molecule has 3 aromatic heterocycles. The van der Waals surface area contributed by atoms with Gasteiger partial charge in [0.15, 0.2) is 0 Å². The smallest absolute Gasteiger partial charge is 0.312 e. The minimum Gasteiger partial charge on any atom is -0.468 e. The molecule has 3 saturated heterocycles. The van der Waals surface area contributed by atoms with Crippen LogP contribution < -0.4 is 24.6 Å². The minimum absolute atomic E-state index is 0.0719. The summed E-state index contributed by atoms with van der Waals surface area (Å²) in [6.07, 6.45) is 9.97. The molecule has 3 atom stereocenters. The molecule has 6 aliphatic rings. The molecule has 7 heterocycles. The molecule has 2 saturated carbocycles. The van der Waals surface area contributed by atoms with E-state index >= 15 is 0 Å². The van der Waals surface area contributed by atoms with Crippen molar-refractivity contribution in [3.05, 3.63) is 99.9 Å². The zero-order valence-corrected chi connectivity index (χ0v) is 42.0. The number of morpholine rings is 1. The molecular weight excluding hydrogens is 939 g/mol. The van der Waals surface area contributed by atoms with Crippen LogP contribution in [0.1, 0.15) is 112 Å².